The van der Waals surface area contributed by atoms with Crippen molar-refractivity contribution < 1.29 is 4.79 Å². The first kappa shape index (κ1) is 23.0. The summed E-state index contributed by atoms with van der Waals surface area (Å²) in [6.45, 7) is 8.90. The molecular weight excluding hydrogens is 440 g/mol. The highest BCUT2D eigenvalue weighted by Crippen LogP contribution is 2.28. The summed E-state index contributed by atoms with van der Waals surface area (Å²) in [5.74, 6) is 0.917. The van der Waals surface area contributed by atoms with Crippen LogP contribution in [-0.4, -0.2) is 59.0 Å². The van der Waals surface area contributed by atoms with Crippen molar-refractivity contribution in [2.75, 3.05) is 42.9 Å². The molecule has 0 saturated carbocycles. The third kappa shape index (κ3) is 4.90. The molecule has 182 valence electrons. The SMILES string of the molecule is CCC(CC)n1c(C(=O)NC2=NCC=C2)cc2cnc(Nc3ccc(N4CCNCC4)cc3)nc21. The summed E-state index contributed by atoms with van der Waals surface area (Å²) in [6, 6.07) is 10.4. The van der Waals surface area contributed by atoms with Gasteiger partial charge in [-0.3, -0.25) is 9.79 Å². The summed E-state index contributed by atoms with van der Waals surface area (Å²) in [7, 11) is 0. The average Bonchev–Trinajstić information content (AvgIpc) is 3.54. The van der Waals surface area contributed by atoms with Crippen LogP contribution >= 0.6 is 0 Å². The molecule has 0 radical (unpaired) electrons. The Labute approximate surface area is 205 Å². The summed E-state index contributed by atoms with van der Waals surface area (Å²) in [5, 5.41) is 10.5. The molecule has 0 unspecified atom stereocenters. The van der Waals surface area contributed by atoms with Crippen molar-refractivity contribution in [3.63, 3.8) is 0 Å². The van der Waals surface area contributed by atoms with E-state index in [1.54, 1.807) is 6.20 Å². The first-order valence-corrected chi connectivity index (χ1v) is 12.4. The first-order chi connectivity index (χ1) is 17.2. The number of benzene rings is 1. The topological polar surface area (TPSA) is 99.5 Å². The molecular formula is C26H32N8O. The highest BCUT2D eigenvalue weighted by atomic mass is 16.2. The molecule has 1 amide bonds. The maximum atomic E-state index is 13.1. The van der Waals surface area contributed by atoms with E-state index in [2.05, 4.69) is 68.9 Å². The number of rotatable bonds is 7. The normalized spacial score (nSPS) is 15.6. The molecule has 2 aromatic heterocycles. The molecule has 9 nitrogen and oxygen atoms in total. The van der Waals surface area contributed by atoms with E-state index in [1.165, 1.54) is 5.69 Å². The van der Waals surface area contributed by atoms with Gasteiger partial charge in [-0.15, -0.1) is 0 Å². The number of nitrogens with one attached hydrogen (secondary N) is 3. The van der Waals surface area contributed by atoms with E-state index < -0.39 is 0 Å². The Bertz CT molecular complexity index is 1250. The number of amidine groups is 1. The van der Waals surface area contributed by atoms with Crippen molar-refractivity contribution >= 4 is 40.1 Å². The van der Waals surface area contributed by atoms with E-state index in [-0.39, 0.29) is 11.9 Å². The second-order valence-electron chi connectivity index (χ2n) is 8.83. The summed E-state index contributed by atoms with van der Waals surface area (Å²) in [5.41, 5.74) is 3.47. The van der Waals surface area contributed by atoms with E-state index in [4.69, 9.17) is 4.98 Å². The smallest absolute Gasteiger partial charge is 0.273 e. The summed E-state index contributed by atoms with van der Waals surface area (Å²) in [6.07, 6.45) is 7.31. The Morgan fingerprint density at radius 2 is 1.91 bits per heavy atom. The molecule has 4 heterocycles. The number of hydrogen-bond donors (Lipinski definition) is 3. The van der Waals surface area contributed by atoms with Crippen molar-refractivity contribution in [1.82, 2.24) is 25.2 Å². The number of carbonyl (C=O) groups excluding carboxylic acids is 1. The second kappa shape index (κ2) is 10.3. The van der Waals surface area contributed by atoms with Gasteiger partial charge in [0.15, 0.2) is 0 Å². The molecule has 35 heavy (non-hydrogen) atoms. The number of piperazine rings is 1. The lowest BCUT2D eigenvalue weighted by molar-refractivity contribution is 0.0966. The maximum absolute atomic E-state index is 13.1. The predicted octanol–water partition coefficient (Wildman–Crippen LogP) is 3.64. The summed E-state index contributed by atoms with van der Waals surface area (Å²) < 4.78 is 2.05. The van der Waals surface area contributed by atoms with Gasteiger partial charge in [0.05, 0.1) is 6.54 Å². The van der Waals surface area contributed by atoms with Crippen LogP contribution in [0.15, 0.2) is 53.7 Å². The number of amides is 1. The molecule has 1 aromatic carbocycles. The minimum atomic E-state index is -0.182. The fourth-order valence-corrected chi connectivity index (χ4v) is 4.70. The molecule has 3 aromatic rings. The van der Waals surface area contributed by atoms with Gasteiger partial charge in [0.2, 0.25) is 5.95 Å². The lowest BCUT2D eigenvalue weighted by atomic mass is 10.1. The number of hydrogen-bond acceptors (Lipinski definition) is 7. The molecule has 1 fully saturated rings. The Morgan fingerprint density at radius 1 is 1.14 bits per heavy atom. The number of anilines is 3. The van der Waals surface area contributed by atoms with Crippen LogP contribution in [0, 0.1) is 0 Å². The van der Waals surface area contributed by atoms with Crippen LogP contribution < -0.4 is 20.9 Å². The molecule has 3 N–H and O–H groups in total. The molecule has 5 rings (SSSR count). The van der Waals surface area contributed by atoms with Crippen molar-refractivity contribution in [1.29, 1.82) is 0 Å². The predicted molar refractivity (Wildman–Crippen MR) is 141 cm³/mol. The highest BCUT2D eigenvalue weighted by molar-refractivity contribution is 6.11. The van der Waals surface area contributed by atoms with Crippen LogP contribution in [-0.2, 0) is 0 Å². The van der Waals surface area contributed by atoms with Gasteiger partial charge in [-0.1, -0.05) is 19.9 Å². The minimum Gasteiger partial charge on any atom is -0.369 e. The van der Waals surface area contributed by atoms with Gasteiger partial charge in [-0.05, 0) is 49.2 Å². The fourth-order valence-electron chi connectivity index (χ4n) is 4.70. The lowest BCUT2D eigenvalue weighted by Crippen LogP contribution is -2.43. The fraction of sp³-hybridized carbons (Fsp3) is 0.385. The van der Waals surface area contributed by atoms with Gasteiger partial charge >= 0.3 is 0 Å². The largest absolute Gasteiger partial charge is 0.369 e. The third-order valence-electron chi connectivity index (χ3n) is 6.61. The standard InChI is InChI=1S/C26H32N8O/c1-3-20(4-2)34-22(25(35)31-23-6-5-11-28-23)16-18-17-29-26(32-24(18)34)30-19-7-9-21(10-8-19)33-14-12-27-13-15-33/h5-10,16-17,20,27H,3-4,11-15H2,1-2H3,(H,28,31,35)(H,29,30,32). The van der Waals surface area contributed by atoms with Gasteiger partial charge < -0.3 is 25.4 Å². The van der Waals surface area contributed by atoms with Crippen LogP contribution in [0.1, 0.15) is 43.2 Å². The molecule has 9 heteroatoms. The Morgan fingerprint density at radius 3 is 2.60 bits per heavy atom. The van der Waals surface area contributed by atoms with Crippen LogP contribution in [0.25, 0.3) is 11.0 Å². The van der Waals surface area contributed by atoms with Crippen molar-refractivity contribution in [2.24, 2.45) is 4.99 Å². The first-order valence-electron chi connectivity index (χ1n) is 12.4. The van der Waals surface area contributed by atoms with E-state index in [1.807, 2.05) is 22.8 Å². The van der Waals surface area contributed by atoms with Crippen LogP contribution in [0.4, 0.5) is 17.3 Å². The minimum absolute atomic E-state index is 0.148. The number of aromatic nitrogens is 3. The van der Waals surface area contributed by atoms with E-state index in [0.717, 1.165) is 55.7 Å². The highest BCUT2D eigenvalue weighted by Gasteiger charge is 2.22. The van der Waals surface area contributed by atoms with Gasteiger partial charge in [0.25, 0.3) is 5.91 Å². The third-order valence-corrected chi connectivity index (χ3v) is 6.61. The molecule has 0 atom stereocenters. The number of nitrogens with zero attached hydrogens (tertiary/aromatic N) is 5. The summed E-state index contributed by atoms with van der Waals surface area (Å²) in [4.78, 5) is 29.2. The van der Waals surface area contributed by atoms with E-state index in [0.29, 0.717) is 24.0 Å². The van der Waals surface area contributed by atoms with Gasteiger partial charge in [-0.2, -0.15) is 4.98 Å². The zero-order valence-corrected chi connectivity index (χ0v) is 20.3. The quantitative estimate of drug-likeness (QED) is 0.486. The second-order valence-corrected chi connectivity index (χ2v) is 8.83. The zero-order valence-electron chi connectivity index (χ0n) is 20.3. The van der Waals surface area contributed by atoms with Gasteiger partial charge in [0.1, 0.15) is 17.2 Å². The maximum Gasteiger partial charge on any atom is 0.273 e. The monoisotopic (exact) mass is 472 g/mol. The van der Waals surface area contributed by atoms with E-state index in [9.17, 15) is 4.79 Å². The lowest BCUT2D eigenvalue weighted by Gasteiger charge is -2.29. The Hall–Kier alpha value is -3.72. The van der Waals surface area contributed by atoms with Crippen LogP contribution in [0.5, 0.6) is 0 Å². The average molecular weight is 473 g/mol. The molecule has 1 saturated heterocycles. The number of carbonyl (C=O) groups is 1. The summed E-state index contributed by atoms with van der Waals surface area (Å²) >= 11 is 0. The van der Waals surface area contributed by atoms with Gasteiger partial charge in [0, 0.05) is 55.2 Å². The Balaban J connectivity index is 1.42. The number of aliphatic imine (C=N–C) groups is 1. The molecule has 0 aliphatic carbocycles. The molecule has 0 bridgehead atoms. The zero-order chi connectivity index (χ0) is 24.2. The number of fused-ring (bicyclic) bond motifs is 1. The van der Waals surface area contributed by atoms with Crippen molar-refractivity contribution in [3.8, 4) is 0 Å². The molecule has 2 aliphatic rings. The Kier molecular flexibility index (Phi) is 6.76. The van der Waals surface area contributed by atoms with Crippen LogP contribution in [0.2, 0.25) is 0 Å². The van der Waals surface area contributed by atoms with Crippen molar-refractivity contribution in [2.45, 2.75) is 32.7 Å². The van der Waals surface area contributed by atoms with Gasteiger partial charge in [-0.25, -0.2) is 4.98 Å². The molecule has 2 aliphatic heterocycles. The van der Waals surface area contributed by atoms with Crippen LogP contribution in [0.3, 0.4) is 0 Å². The molecule has 0 spiro atoms. The van der Waals surface area contributed by atoms with Crippen molar-refractivity contribution in [3.05, 3.63) is 54.4 Å². The van der Waals surface area contributed by atoms with E-state index >= 15 is 0 Å².